The molecule has 1 unspecified atom stereocenters. The first-order valence-electron chi connectivity index (χ1n) is 9.34. The zero-order chi connectivity index (χ0) is 19.5. The summed E-state index contributed by atoms with van der Waals surface area (Å²) in [5.41, 5.74) is 2.08. The number of hydrogen-bond acceptors (Lipinski definition) is 4. The molecule has 0 aliphatic carbocycles. The summed E-state index contributed by atoms with van der Waals surface area (Å²) < 4.78 is 19.0. The van der Waals surface area contributed by atoms with Crippen LogP contribution >= 0.6 is 0 Å². The van der Waals surface area contributed by atoms with E-state index >= 15 is 0 Å². The van der Waals surface area contributed by atoms with Gasteiger partial charge in [0.15, 0.2) is 0 Å². The van der Waals surface area contributed by atoms with Crippen molar-refractivity contribution in [3.8, 4) is 0 Å². The molecule has 5 nitrogen and oxygen atoms in total. The fraction of sp³-hybridized carbons (Fsp3) is 0.273. The van der Waals surface area contributed by atoms with Crippen LogP contribution in [0.25, 0.3) is 0 Å². The first kappa shape index (κ1) is 18.4. The molecule has 2 aromatic carbocycles. The van der Waals surface area contributed by atoms with Gasteiger partial charge >= 0.3 is 5.97 Å². The maximum atomic E-state index is 13.1. The second-order valence-electron chi connectivity index (χ2n) is 7.06. The van der Waals surface area contributed by atoms with Crippen molar-refractivity contribution in [2.45, 2.75) is 31.8 Å². The number of rotatable bonds is 6. The average Bonchev–Trinajstić information content (AvgIpc) is 3.33. The van der Waals surface area contributed by atoms with E-state index in [9.17, 15) is 14.3 Å². The van der Waals surface area contributed by atoms with Crippen molar-refractivity contribution in [3.63, 3.8) is 0 Å². The number of carbonyl (C=O) groups is 1. The van der Waals surface area contributed by atoms with E-state index in [1.54, 1.807) is 30.5 Å². The number of hydrogen-bond donors (Lipinski definition) is 1. The first-order valence-corrected chi connectivity index (χ1v) is 9.34. The molecule has 1 aliphatic heterocycles. The molecule has 1 atom stereocenters. The van der Waals surface area contributed by atoms with Crippen molar-refractivity contribution in [3.05, 3.63) is 88.9 Å². The third-order valence-electron chi connectivity index (χ3n) is 5.13. The monoisotopic (exact) mass is 380 g/mol. The number of aromatic carboxylic acids is 1. The molecule has 1 saturated heterocycles. The summed E-state index contributed by atoms with van der Waals surface area (Å²) in [4.78, 5) is 18.2. The van der Waals surface area contributed by atoms with E-state index < -0.39 is 5.97 Å². The van der Waals surface area contributed by atoms with Crippen LogP contribution < -0.4 is 0 Å². The van der Waals surface area contributed by atoms with Crippen molar-refractivity contribution < 1.29 is 18.7 Å². The van der Waals surface area contributed by atoms with Crippen LogP contribution in [-0.4, -0.2) is 27.5 Å². The fourth-order valence-corrected chi connectivity index (χ4v) is 3.74. The van der Waals surface area contributed by atoms with E-state index in [1.807, 2.05) is 12.1 Å². The Morgan fingerprint density at radius 3 is 2.79 bits per heavy atom. The van der Waals surface area contributed by atoms with Gasteiger partial charge in [-0.2, -0.15) is 0 Å². The zero-order valence-corrected chi connectivity index (χ0v) is 15.3. The lowest BCUT2D eigenvalue weighted by Crippen LogP contribution is -2.24. The molecule has 1 N–H and O–H groups in total. The summed E-state index contributed by atoms with van der Waals surface area (Å²) in [6, 6.07) is 13.5. The third kappa shape index (κ3) is 3.97. The van der Waals surface area contributed by atoms with Gasteiger partial charge in [0.2, 0.25) is 5.89 Å². The Morgan fingerprint density at radius 2 is 2.00 bits per heavy atom. The van der Waals surface area contributed by atoms with E-state index in [0.717, 1.165) is 36.3 Å². The van der Waals surface area contributed by atoms with Crippen molar-refractivity contribution in [2.75, 3.05) is 6.54 Å². The van der Waals surface area contributed by atoms with Crippen LogP contribution in [0.4, 0.5) is 4.39 Å². The van der Waals surface area contributed by atoms with Crippen LogP contribution in [-0.2, 0) is 13.0 Å². The van der Waals surface area contributed by atoms with Gasteiger partial charge in [0.05, 0.1) is 17.8 Å². The third-order valence-corrected chi connectivity index (χ3v) is 5.13. The second-order valence-corrected chi connectivity index (χ2v) is 7.06. The molecule has 0 spiro atoms. The molecule has 4 rings (SSSR count). The number of nitrogens with zero attached hydrogens (tertiary/aromatic N) is 2. The summed E-state index contributed by atoms with van der Waals surface area (Å²) in [5.74, 6) is 0.219. The van der Waals surface area contributed by atoms with Crippen molar-refractivity contribution in [1.29, 1.82) is 0 Å². The molecular weight excluding hydrogens is 359 g/mol. The van der Waals surface area contributed by atoms with E-state index in [4.69, 9.17) is 4.42 Å². The lowest BCUT2D eigenvalue weighted by Gasteiger charge is -2.22. The summed E-state index contributed by atoms with van der Waals surface area (Å²) in [6.07, 6.45) is 4.21. The highest BCUT2D eigenvalue weighted by Gasteiger charge is 2.30. The number of carboxylic acids is 1. The highest BCUT2D eigenvalue weighted by Crippen LogP contribution is 2.33. The minimum absolute atomic E-state index is 0.0313. The Labute approximate surface area is 162 Å². The molecule has 144 valence electrons. The van der Waals surface area contributed by atoms with Gasteiger partial charge in [-0.1, -0.05) is 30.3 Å². The van der Waals surface area contributed by atoms with E-state index in [2.05, 4.69) is 9.88 Å². The Balaban J connectivity index is 1.49. The van der Waals surface area contributed by atoms with Crippen molar-refractivity contribution in [2.24, 2.45) is 0 Å². The lowest BCUT2D eigenvalue weighted by molar-refractivity contribution is 0.0694. The van der Waals surface area contributed by atoms with Crippen LogP contribution in [0.15, 0.2) is 59.1 Å². The van der Waals surface area contributed by atoms with Gasteiger partial charge in [0.25, 0.3) is 0 Å². The maximum Gasteiger partial charge on any atom is 0.336 e. The molecule has 0 amide bonds. The van der Waals surface area contributed by atoms with Gasteiger partial charge in [-0.05, 0) is 48.7 Å². The Hall–Kier alpha value is -2.99. The number of likely N-dealkylation sites (tertiary alicyclic amines) is 1. The highest BCUT2D eigenvalue weighted by molar-refractivity contribution is 5.89. The number of benzene rings is 2. The second kappa shape index (κ2) is 7.94. The van der Waals surface area contributed by atoms with Crippen LogP contribution in [0.3, 0.4) is 0 Å². The molecule has 6 heteroatoms. The SMILES string of the molecule is O=C(O)c1ccccc1CN1CCCC1c1ncc(Cc2ccc(F)cc2)o1. The first-order chi connectivity index (χ1) is 13.6. The molecule has 1 fully saturated rings. The Morgan fingerprint density at radius 1 is 1.21 bits per heavy atom. The number of aromatic nitrogens is 1. The number of halogens is 1. The topological polar surface area (TPSA) is 66.6 Å². The Kier molecular flexibility index (Phi) is 5.21. The van der Waals surface area contributed by atoms with Crippen LogP contribution in [0.1, 0.15) is 52.0 Å². The van der Waals surface area contributed by atoms with E-state index in [1.165, 1.54) is 12.1 Å². The van der Waals surface area contributed by atoms with Crippen LogP contribution in [0.2, 0.25) is 0 Å². The Bertz CT molecular complexity index is 968. The molecule has 2 heterocycles. The standard InChI is InChI=1S/C22H21FN2O3/c23-17-9-7-15(8-10-17)12-18-13-24-21(28-18)20-6-3-11-25(20)14-16-4-1-2-5-19(16)22(26)27/h1-2,4-5,7-10,13,20H,3,6,11-12,14H2,(H,26,27). The van der Waals surface area contributed by atoms with Crippen molar-refractivity contribution >= 4 is 5.97 Å². The van der Waals surface area contributed by atoms with Gasteiger partial charge in [-0.15, -0.1) is 0 Å². The minimum atomic E-state index is -0.913. The van der Waals surface area contributed by atoms with Gasteiger partial charge in [0.1, 0.15) is 11.6 Å². The molecular formula is C22H21FN2O3. The minimum Gasteiger partial charge on any atom is -0.478 e. The highest BCUT2D eigenvalue weighted by atomic mass is 19.1. The van der Waals surface area contributed by atoms with Gasteiger partial charge < -0.3 is 9.52 Å². The number of oxazole rings is 1. The van der Waals surface area contributed by atoms with Crippen LogP contribution in [0, 0.1) is 5.82 Å². The quantitative estimate of drug-likeness (QED) is 0.685. The summed E-state index contributed by atoms with van der Waals surface area (Å²) in [5, 5.41) is 9.41. The molecule has 0 saturated carbocycles. The predicted molar refractivity (Wildman–Crippen MR) is 101 cm³/mol. The summed E-state index contributed by atoms with van der Waals surface area (Å²) in [7, 11) is 0. The van der Waals surface area contributed by atoms with E-state index in [-0.39, 0.29) is 11.9 Å². The fourth-order valence-electron chi connectivity index (χ4n) is 3.74. The van der Waals surface area contributed by atoms with Gasteiger partial charge in [-0.3, -0.25) is 4.90 Å². The summed E-state index contributed by atoms with van der Waals surface area (Å²) in [6.45, 7) is 1.41. The molecule has 0 radical (unpaired) electrons. The average molecular weight is 380 g/mol. The maximum absolute atomic E-state index is 13.1. The zero-order valence-electron chi connectivity index (χ0n) is 15.3. The smallest absolute Gasteiger partial charge is 0.336 e. The molecule has 0 bridgehead atoms. The normalized spacial score (nSPS) is 17.1. The van der Waals surface area contributed by atoms with Gasteiger partial charge in [0, 0.05) is 13.0 Å². The summed E-state index contributed by atoms with van der Waals surface area (Å²) >= 11 is 0. The van der Waals surface area contributed by atoms with Crippen LogP contribution in [0.5, 0.6) is 0 Å². The lowest BCUT2D eigenvalue weighted by atomic mass is 10.1. The molecule has 1 aliphatic rings. The largest absolute Gasteiger partial charge is 0.478 e. The molecule has 1 aromatic heterocycles. The van der Waals surface area contributed by atoms with E-state index in [0.29, 0.717) is 24.4 Å². The van der Waals surface area contributed by atoms with Crippen molar-refractivity contribution in [1.82, 2.24) is 9.88 Å². The number of carboxylic acid groups (broad SMARTS) is 1. The predicted octanol–water partition coefficient (Wildman–Crippen LogP) is 4.44. The van der Waals surface area contributed by atoms with Gasteiger partial charge in [-0.25, -0.2) is 14.2 Å². The molecule has 28 heavy (non-hydrogen) atoms. The molecule has 3 aromatic rings.